The Bertz CT molecular complexity index is 656. The van der Waals surface area contributed by atoms with Crippen LogP contribution >= 0.6 is 0 Å². The van der Waals surface area contributed by atoms with Crippen LogP contribution in [0.1, 0.15) is 16.1 Å². The Morgan fingerprint density at radius 3 is 2.45 bits per heavy atom. The molecular weight excluding hydrogens is 277 g/mol. The van der Waals surface area contributed by atoms with E-state index in [1.54, 1.807) is 0 Å². The standard InChI is InChI=1S/C11H7F3N4O2/c12-11(13,14)5-1-2-6(16-4-5)9-17-7(10(19)20)3-8(15)18-9/h1-4H,(H,19,20)(H2,15,17,18). The van der Waals surface area contributed by atoms with Gasteiger partial charge < -0.3 is 10.8 Å². The second-order valence-electron chi connectivity index (χ2n) is 3.74. The summed E-state index contributed by atoms with van der Waals surface area (Å²) in [5, 5.41) is 8.82. The van der Waals surface area contributed by atoms with Gasteiger partial charge in [-0.3, -0.25) is 4.98 Å². The minimum atomic E-state index is -4.51. The van der Waals surface area contributed by atoms with E-state index in [1.807, 2.05) is 0 Å². The van der Waals surface area contributed by atoms with Crippen molar-refractivity contribution in [3.8, 4) is 11.5 Å². The third kappa shape index (κ3) is 2.82. The van der Waals surface area contributed by atoms with Crippen molar-refractivity contribution in [1.82, 2.24) is 15.0 Å². The summed E-state index contributed by atoms with van der Waals surface area (Å²) in [7, 11) is 0. The molecule has 0 aliphatic carbocycles. The van der Waals surface area contributed by atoms with Crippen LogP contribution in [0.4, 0.5) is 19.0 Å². The number of hydrogen-bond donors (Lipinski definition) is 2. The number of nitrogen functional groups attached to an aromatic ring is 1. The molecule has 3 N–H and O–H groups in total. The predicted octanol–water partition coefficient (Wildman–Crippen LogP) is 1.84. The van der Waals surface area contributed by atoms with Gasteiger partial charge in [0.15, 0.2) is 11.5 Å². The number of nitrogens with zero attached hydrogens (tertiary/aromatic N) is 3. The van der Waals surface area contributed by atoms with Gasteiger partial charge in [0, 0.05) is 12.3 Å². The fourth-order valence-electron chi connectivity index (χ4n) is 1.38. The third-order valence-electron chi connectivity index (χ3n) is 2.28. The first-order valence-corrected chi connectivity index (χ1v) is 5.19. The summed E-state index contributed by atoms with van der Waals surface area (Å²) in [5.74, 6) is -1.60. The van der Waals surface area contributed by atoms with Crippen LogP contribution in [0.3, 0.4) is 0 Å². The monoisotopic (exact) mass is 284 g/mol. The molecule has 0 unspecified atom stereocenters. The van der Waals surface area contributed by atoms with Crippen molar-refractivity contribution < 1.29 is 23.1 Å². The van der Waals surface area contributed by atoms with Crippen LogP contribution in [0, 0.1) is 0 Å². The number of alkyl halides is 3. The largest absolute Gasteiger partial charge is 0.477 e. The molecule has 2 aromatic heterocycles. The van der Waals surface area contributed by atoms with Crippen LogP contribution in [0.2, 0.25) is 0 Å². The van der Waals surface area contributed by atoms with E-state index in [0.29, 0.717) is 6.20 Å². The number of carboxylic acid groups (broad SMARTS) is 1. The number of aromatic nitrogens is 3. The zero-order valence-corrected chi connectivity index (χ0v) is 9.72. The molecule has 20 heavy (non-hydrogen) atoms. The van der Waals surface area contributed by atoms with E-state index < -0.39 is 17.7 Å². The number of halogens is 3. The van der Waals surface area contributed by atoms with Crippen LogP contribution in [0.15, 0.2) is 24.4 Å². The maximum absolute atomic E-state index is 12.4. The van der Waals surface area contributed by atoms with E-state index in [9.17, 15) is 18.0 Å². The molecule has 0 aliphatic heterocycles. The Morgan fingerprint density at radius 2 is 1.95 bits per heavy atom. The summed E-state index contributed by atoms with van der Waals surface area (Å²) < 4.78 is 37.2. The molecule has 104 valence electrons. The quantitative estimate of drug-likeness (QED) is 0.872. The van der Waals surface area contributed by atoms with E-state index in [1.165, 1.54) is 0 Å². The van der Waals surface area contributed by atoms with Crippen LogP contribution in [0.5, 0.6) is 0 Å². The zero-order chi connectivity index (χ0) is 14.9. The van der Waals surface area contributed by atoms with Crippen LogP contribution in [-0.4, -0.2) is 26.0 Å². The van der Waals surface area contributed by atoms with Gasteiger partial charge in [0.2, 0.25) is 0 Å². The van der Waals surface area contributed by atoms with Gasteiger partial charge in [-0.2, -0.15) is 13.2 Å². The number of aromatic carboxylic acids is 1. The smallest absolute Gasteiger partial charge is 0.417 e. The Balaban J connectivity index is 2.44. The molecule has 0 spiro atoms. The normalized spacial score (nSPS) is 11.3. The Hall–Kier alpha value is -2.71. The average Bonchev–Trinajstić information content (AvgIpc) is 2.37. The van der Waals surface area contributed by atoms with Crippen LogP contribution in [-0.2, 0) is 6.18 Å². The topological polar surface area (TPSA) is 102 Å². The van der Waals surface area contributed by atoms with Crippen molar-refractivity contribution in [1.29, 1.82) is 0 Å². The molecule has 0 saturated carbocycles. The highest BCUT2D eigenvalue weighted by molar-refractivity contribution is 5.86. The highest BCUT2D eigenvalue weighted by Gasteiger charge is 2.30. The summed E-state index contributed by atoms with van der Waals surface area (Å²) in [5.41, 5.74) is 4.11. The second-order valence-corrected chi connectivity index (χ2v) is 3.74. The summed E-state index contributed by atoms with van der Waals surface area (Å²) in [4.78, 5) is 21.8. The molecule has 6 nitrogen and oxygen atoms in total. The first-order chi connectivity index (χ1) is 9.27. The van der Waals surface area contributed by atoms with Crippen molar-refractivity contribution in [2.24, 2.45) is 0 Å². The zero-order valence-electron chi connectivity index (χ0n) is 9.72. The maximum atomic E-state index is 12.4. The van der Waals surface area contributed by atoms with E-state index in [4.69, 9.17) is 10.8 Å². The number of hydrogen-bond acceptors (Lipinski definition) is 5. The van der Waals surface area contributed by atoms with Gasteiger partial charge in [-0.1, -0.05) is 0 Å². The third-order valence-corrected chi connectivity index (χ3v) is 2.28. The van der Waals surface area contributed by atoms with Gasteiger partial charge in [-0.05, 0) is 12.1 Å². The first kappa shape index (κ1) is 13.7. The number of carboxylic acids is 1. The molecule has 0 atom stereocenters. The van der Waals surface area contributed by atoms with Gasteiger partial charge in [0.05, 0.1) is 5.56 Å². The van der Waals surface area contributed by atoms with Crippen molar-refractivity contribution in [2.75, 3.05) is 5.73 Å². The molecule has 0 radical (unpaired) electrons. The maximum Gasteiger partial charge on any atom is 0.417 e. The molecule has 2 rings (SSSR count). The van der Waals surface area contributed by atoms with Crippen molar-refractivity contribution >= 4 is 11.8 Å². The Kier molecular flexibility index (Phi) is 3.26. The number of pyridine rings is 1. The molecule has 0 saturated heterocycles. The minimum Gasteiger partial charge on any atom is -0.477 e. The molecule has 0 bridgehead atoms. The Morgan fingerprint density at radius 1 is 1.25 bits per heavy atom. The summed E-state index contributed by atoms with van der Waals surface area (Å²) in [6.45, 7) is 0. The van der Waals surface area contributed by atoms with Crippen LogP contribution < -0.4 is 5.73 Å². The summed E-state index contributed by atoms with van der Waals surface area (Å²) in [6.07, 6.45) is -3.89. The average molecular weight is 284 g/mol. The molecule has 0 aliphatic rings. The van der Waals surface area contributed by atoms with Gasteiger partial charge in [0.25, 0.3) is 0 Å². The summed E-state index contributed by atoms with van der Waals surface area (Å²) >= 11 is 0. The molecular formula is C11H7F3N4O2. The van der Waals surface area contributed by atoms with E-state index in [2.05, 4.69) is 15.0 Å². The van der Waals surface area contributed by atoms with Crippen LogP contribution in [0.25, 0.3) is 11.5 Å². The van der Waals surface area contributed by atoms with Gasteiger partial charge in [-0.15, -0.1) is 0 Å². The minimum absolute atomic E-state index is 0.00667. The Labute approximate surface area is 110 Å². The second kappa shape index (κ2) is 4.76. The lowest BCUT2D eigenvalue weighted by atomic mass is 10.2. The molecule has 2 aromatic rings. The number of carbonyl (C=O) groups is 1. The lowest BCUT2D eigenvalue weighted by Gasteiger charge is -2.07. The van der Waals surface area contributed by atoms with Crippen molar-refractivity contribution in [2.45, 2.75) is 6.18 Å². The van der Waals surface area contributed by atoms with E-state index in [-0.39, 0.29) is 23.0 Å². The molecule has 2 heterocycles. The van der Waals surface area contributed by atoms with Gasteiger partial charge in [-0.25, -0.2) is 14.8 Å². The molecule has 0 amide bonds. The fraction of sp³-hybridized carbons (Fsp3) is 0.0909. The number of anilines is 1. The van der Waals surface area contributed by atoms with E-state index >= 15 is 0 Å². The fourth-order valence-corrected chi connectivity index (χ4v) is 1.38. The molecule has 9 heteroatoms. The lowest BCUT2D eigenvalue weighted by Crippen LogP contribution is -2.08. The van der Waals surface area contributed by atoms with Gasteiger partial charge in [0.1, 0.15) is 11.5 Å². The number of rotatable bonds is 2. The van der Waals surface area contributed by atoms with Crippen molar-refractivity contribution in [3.63, 3.8) is 0 Å². The van der Waals surface area contributed by atoms with Crippen molar-refractivity contribution in [3.05, 3.63) is 35.7 Å². The number of nitrogens with two attached hydrogens (primary N) is 1. The first-order valence-electron chi connectivity index (χ1n) is 5.19. The van der Waals surface area contributed by atoms with E-state index in [0.717, 1.165) is 18.2 Å². The highest BCUT2D eigenvalue weighted by atomic mass is 19.4. The SMILES string of the molecule is Nc1cc(C(=O)O)nc(-c2ccc(C(F)(F)F)cn2)n1. The molecule has 0 aromatic carbocycles. The molecule has 0 fully saturated rings. The lowest BCUT2D eigenvalue weighted by molar-refractivity contribution is -0.137. The van der Waals surface area contributed by atoms with Gasteiger partial charge >= 0.3 is 12.1 Å². The predicted molar refractivity (Wildman–Crippen MR) is 61.6 cm³/mol. The highest BCUT2D eigenvalue weighted by Crippen LogP contribution is 2.29. The summed E-state index contributed by atoms with van der Waals surface area (Å²) in [6, 6.07) is 2.88.